The van der Waals surface area contributed by atoms with E-state index in [0.29, 0.717) is 17.5 Å². The molecule has 4 N–H and O–H groups in total. The molecule has 4 nitrogen and oxygen atoms in total. The van der Waals surface area contributed by atoms with Gasteiger partial charge in [-0.25, -0.2) is 9.38 Å². The van der Waals surface area contributed by atoms with Crippen molar-refractivity contribution in [3.63, 3.8) is 0 Å². The number of nitrogens with one attached hydrogen (secondary N) is 2. The summed E-state index contributed by atoms with van der Waals surface area (Å²) in [5.41, 5.74) is 8.26. The van der Waals surface area contributed by atoms with E-state index in [-0.39, 0.29) is 5.82 Å². The molecule has 0 radical (unpaired) electrons. The van der Waals surface area contributed by atoms with Crippen molar-refractivity contribution in [3.8, 4) is 0 Å². The van der Waals surface area contributed by atoms with E-state index in [0.717, 1.165) is 23.4 Å². The van der Waals surface area contributed by atoms with Crippen LogP contribution < -0.4 is 16.4 Å². The highest BCUT2D eigenvalue weighted by Gasteiger charge is 1.99. The van der Waals surface area contributed by atoms with E-state index in [1.54, 1.807) is 19.1 Å². The lowest BCUT2D eigenvalue weighted by Crippen LogP contribution is -2.30. The van der Waals surface area contributed by atoms with E-state index in [1.807, 2.05) is 24.3 Å². The van der Waals surface area contributed by atoms with Crippen LogP contribution in [0.15, 0.2) is 53.5 Å². The van der Waals surface area contributed by atoms with Gasteiger partial charge in [-0.2, -0.15) is 0 Å². The molecular formula is C17H19FN4S. The van der Waals surface area contributed by atoms with Crippen molar-refractivity contribution in [2.24, 2.45) is 10.7 Å². The molecule has 0 heterocycles. The average Bonchev–Trinajstić information content (AvgIpc) is 2.51. The topological polar surface area (TPSA) is 62.4 Å². The number of anilines is 1. The number of amidine groups is 1. The van der Waals surface area contributed by atoms with Gasteiger partial charge in [0.1, 0.15) is 5.82 Å². The Kier molecular flexibility index (Phi) is 6.05. The first-order valence-electron chi connectivity index (χ1n) is 7.23. The molecule has 0 bridgehead atoms. The normalized spacial score (nSPS) is 11.1. The van der Waals surface area contributed by atoms with E-state index >= 15 is 0 Å². The van der Waals surface area contributed by atoms with Crippen molar-refractivity contribution in [3.05, 3.63) is 59.9 Å². The first-order chi connectivity index (χ1) is 11.0. The fourth-order valence-corrected chi connectivity index (χ4v) is 2.19. The summed E-state index contributed by atoms with van der Waals surface area (Å²) < 4.78 is 12.8. The Balaban J connectivity index is 1.78. The van der Waals surface area contributed by atoms with E-state index in [4.69, 9.17) is 18.0 Å². The van der Waals surface area contributed by atoms with Crippen molar-refractivity contribution >= 4 is 34.5 Å². The van der Waals surface area contributed by atoms with Crippen LogP contribution in [0.25, 0.3) is 0 Å². The van der Waals surface area contributed by atoms with E-state index in [9.17, 15) is 4.39 Å². The fourth-order valence-electron chi connectivity index (χ4n) is 1.97. The van der Waals surface area contributed by atoms with Crippen molar-refractivity contribution < 1.29 is 4.39 Å². The Hall–Kier alpha value is -2.47. The summed E-state index contributed by atoms with van der Waals surface area (Å²) in [7, 11) is 0. The average molecular weight is 330 g/mol. The molecule has 0 spiro atoms. The molecule has 0 amide bonds. The molecule has 0 aromatic heterocycles. The zero-order valence-electron chi connectivity index (χ0n) is 12.8. The molecule has 2 aromatic rings. The van der Waals surface area contributed by atoms with Crippen molar-refractivity contribution in [2.75, 3.05) is 11.9 Å². The van der Waals surface area contributed by atoms with Crippen molar-refractivity contribution in [2.45, 2.75) is 13.3 Å². The van der Waals surface area contributed by atoms with Crippen LogP contribution in [0.5, 0.6) is 0 Å². The van der Waals surface area contributed by atoms with Gasteiger partial charge in [0.05, 0.1) is 11.5 Å². The Labute approximate surface area is 140 Å². The standard InChI is InChI=1S/C17H19FN4S/c1-12(19)21-15-6-8-16(9-7-15)22-17(23)20-11-10-13-2-4-14(18)5-3-13/h2-9H,10-11H2,1H3,(H2,19,21)(H2,20,22,23). The first kappa shape index (κ1) is 16.9. The van der Waals surface area contributed by atoms with Gasteiger partial charge in [-0.3, -0.25) is 0 Å². The molecule has 0 aliphatic carbocycles. The van der Waals surface area contributed by atoms with E-state index in [1.165, 1.54) is 12.1 Å². The second-order valence-electron chi connectivity index (χ2n) is 5.06. The Bertz CT molecular complexity index is 677. The number of halogens is 1. The van der Waals surface area contributed by atoms with E-state index < -0.39 is 0 Å². The lowest BCUT2D eigenvalue weighted by atomic mass is 10.1. The summed E-state index contributed by atoms with van der Waals surface area (Å²) in [5.74, 6) is 0.292. The van der Waals surface area contributed by atoms with Crippen LogP contribution in [0.1, 0.15) is 12.5 Å². The highest BCUT2D eigenvalue weighted by Crippen LogP contribution is 2.16. The largest absolute Gasteiger partial charge is 0.387 e. The number of benzene rings is 2. The number of thiocarbonyl (C=S) groups is 1. The molecule has 0 saturated carbocycles. The highest BCUT2D eigenvalue weighted by atomic mass is 32.1. The maximum absolute atomic E-state index is 12.8. The summed E-state index contributed by atoms with van der Waals surface area (Å²) in [5, 5.41) is 6.76. The number of rotatable bonds is 5. The summed E-state index contributed by atoms with van der Waals surface area (Å²) in [6, 6.07) is 13.9. The minimum absolute atomic E-state index is 0.225. The molecule has 120 valence electrons. The number of nitrogens with zero attached hydrogens (tertiary/aromatic N) is 1. The number of aliphatic imine (C=N–C) groups is 1. The predicted molar refractivity (Wildman–Crippen MR) is 97.7 cm³/mol. The van der Waals surface area contributed by atoms with Crippen molar-refractivity contribution in [1.82, 2.24) is 5.32 Å². The molecule has 0 saturated heterocycles. The minimum atomic E-state index is -0.225. The third-order valence-electron chi connectivity index (χ3n) is 3.04. The fraction of sp³-hybridized carbons (Fsp3) is 0.176. The predicted octanol–water partition coefficient (Wildman–Crippen LogP) is 3.36. The van der Waals surface area contributed by atoms with Gasteiger partial charge >= 0.3 is 0 Å². The maximum Gasteiger partial charge on any atom is 0.170 e. The molecule has 6 heteroatoms. The van der Waals surface area contributed by atoms with Gasteiger partial charge in [-0.1, -0.05) is 12.1 Å². The van der Waals surface area contributed by atoms with Gasteiger partial charge in [0, 0.05) is 12.2 Å². The molecular weight excluding hydrogens is 311 g/mol. The summed E-state index contributed by atoms with van der Waals surface area (Å²) in [4.78, 5) is 4.16. The molecule has 0 aliphatic heterocycles. The molecule has 0 aliphatic rings. The van der Waals surface area contributed by atoms with Gasteiger partial charge < -0.3 is 16.4 Å². The molecule has 0 unspecified atom stereocenters. The van der Waals surface area contributed by atoms with E-state index in [2.05, 4.69) is 15.6 Å². The van der Waals surface area contributed by atoms with Gasteiger partial charge in [-0.05, 0) is 67.5 Å². The lowest BCUT2D eigenvalue weighted by molar-refractivity contribution is 0.627. The van der Waals surface area contributed by atoms with Crippen LogP contribution in [0, 0.1) is 5.82 Å². The Morgan fingerprint density at radius 3 is 2.39 bits per heavy atom. The SMILES string of the molecule is CC(N)=Nc1ccc(NC(=S)NCCc2ccc(F)cc2)cc1. The summed E-state index contributed by atoms with van der Waals surface area (Å²) in [6.45, 7) is 2.42. The smallest absolute Gasteiger partial charge is 0.170 e. The first-order valence-corrected chi connectivity index (χ1v) is 7.64. The molecule has 0 atom stereocenters. The highest BCUT2D eigenvalue weighted by molar-refractivity contribution is 7.80. The molecule has 23 heavy (non-hydrogen) atoms. The Morgan fingerprint density at radius 1 is 1.13 bits per heavy atom. The summed E-state index contributed by atoms with van der Waals surface area (Å²) in [6.07, 6.45) is 0.769. The molecule has 2 rings (SSSR count). The third kappa shape index (κ3) is 6.04. The van der Waals surface area contributed by atoms with Crippen LogP contribution in [0.2, 0.25) is 0 Å². The van der Waals surface area contributed by atoms with Crippen LogP contribution in [-0.2, 0) is 6.42 Å². The van der Waals surface area contributed by atoms with Gasteiger partial charge in [0.25, 0.3) is 0 Å². The maximum atomic E-state index is 12.8. The second kappa shape index (κ2) is 8.24. The summed E-state index contributed by atoms with van der Waals surface area (Å²) >= 11 is 5.25. The number of hydrogen-bond donors (Lipinski definition) is 3. The molecule has 0 fully saturated rings. The van der Waals surface area contributed by atoms with Gasteiger partial charge in [-0.15, -0.1) is 0 Å². The van der Waals surface area contributed by atoms with Gasteiger partial charge in [0.15, 0.2) is 5.11 Å². The van der Waals surface area contributed by atoms with Crippen LogP contribution in [0.4, 0.5) is 15.8 Å². The second-order valence-corrected chi connectivity index (χ2v) is 5.47. The minimum Gasteiger partial charge on any atom is -0.387 e. The number of nitrogens with two attached hydrogens (primary N) is 1. The van der Waals surface area contributed by atoms with Crippen LogP contribution in [-0.4, -0.2) is 17.5 Å². The van der Waals surface area contributed by atoms with Gasteiger partial charge in [0.2, 0.25) is 0 Å². The molecule has 2 aromatic carbocycles. The lowest BCUT2D eigenvalue weighted by Gasteiger charge is -2.10. The zero-order chi connectivity index (χ0) is 16.7. The van der Waals surface area contributed by atoms with Crippen LogP contribution >= 0.6 is 12.2 Å². The number of hydrogen-bond acceptors (Lipinski definition) is 2. The van der Waals surface area contributed by atoms with Crippen molar-refractivity contribution in [1.29, 1.82) is 0 Å². The Morgan fingerprint density at radius 2 is 1.78 bits per heavy atom. The third-order valence-corrected chi connectivity index (χ3v) is 3.29. The quantitative estimate of drug-likeness (QED) is 0.447. The zero-order valence-corrected chi connectivity index (χ0v) is 13.7. The van der Waals surface area contributed by atoms with Crippen LogP contribution in [0.3, 0.4) is 0 Å². The monoisotopic (exact) mass is 330 g/mol.